The summed E-state index contributed by atoms with van der Waals surface area (Å²) in [6.07, 6.45) is -7.50. The van der Waals surface area contributed by atoms with Gasteiger partial charge in [0.25, 0.3) is 6.43 Å². The lowest BCUT2D eigenvalue weighted by molar-refractivity contribution is -0.137. The van der Waals surface area contributed by atoms with Gasteiger partial charge < -0.3 is 11.1 Å². The van der Waals surface area contributed by atoms with Crippen LogP contribution in [0.3, 0.4) is 0 Å². The number of imidazole rings is 1. The van der Waals surface area contributed by atoms with Crippen molar-refractivity contribution >= 4 is 28.5 Å². The normalized spacial score (nSPS) is 12.0. The highest BCUT2D eigenvalue weighted by molar-refractivity contribution is 5.78. The fraction of sp³-hybridized carbons (Fsp3) is 0.105. The molecule has 12 heteroatoms. The van der Waals surface area contributed by atoms with Crippen LogP contribution in [-0.4, -0.2) is 19.5 Å². The predicted molar refractivity (Wildman–Crippen MR) is 101 cm³/mol. The van der Waals surface area contributed by atoms with E-state index in [1.54, 1.807) is 0 Å². The van der Waals surface area contributed by atoms with E-state index in [-0.39, 0.29) is 34.3 Å². The molecule has 0 saturated heterocycles. The summed E-state index contributed by atoms with van der Waals surface area (Å²) in [5.74, 6) is -1.74. The Morgan fingerprint density at radius 2 is 1.65 bits per heavy atom. The number of alkyl halides is 5. The molecular weight excluding hydrogens is 426 g/mol. The number of nitrogens with zero attached hydrogens (tertiary/aromatic N) is 4. The highest BCUT2D eigenvalue weighted by Gasteiger charge is 2.30. The molecule has 0 aliphatic rings. The lowest BCUT2D eigenvalue weighted by Gasteiger charge is -2.12. The lowest BCUT2D eigenvalue weighted by atomic mass is 10.2. The average Bonchev–Trinajstić information content (AvgIpc) is 3.06. The summed E-state index contributed by atoms with van der Waals surface area (Å²) in [4.78, 5) is 11.9. The average molecular weight is 438 g/mol. The van der Waals surface area contributed by atoms with Crippen LogP contribution in [0.4, 0.5) is 43.8 Å². The van der Waals surface area contributed by atoms with Gasteiger partial charge >= 0.3 is 6.18 Å². The van der Waals surface area contributed by atoms with Crippen LogP contribution in [-0.2, 0) is 6.18 Å². The number of hydrogen-bond acceptors (Lipinski definition) is 5. The van der Waals surface area contributed by atoms with E-state index in [0.29, 0.717) is 0 Å². The summed E-state index contributed by atoms with van der Waals surface area (Å²) in [7, 11) is 0. The molecule has 0 radical (unpaired) electrons. The molecule has 4 rings (SSSR count). The van der Waals surface area contributed by atoms with Gasteiger partial charge in [-0.2, -0.15) is 23.1 Å². The topological polar surface area (TPSA) is 81.7 Å². The fourth-order valence-electron chi connectivity index (χ4n) is 2.95. The number of nitrogen functional groups attached to an aromatic ring is 1. The summed E-state index contributed by atoms with van der Waals surface area (Å²) in [6, 6.07) is 8.57. The Hall–Kier alpha value is -3.83. The molecule has 0 aliphatic heterocycles. The van der Waals surface area contributed by atoms with Gasteiger partial charge in [0.2, 0.25) is 5.95 Å². The van der Waals surface area contributed by atoms with E-state index in [9.17, 15) is 26.3 Å². The van der Waals surface area contributed by atoms with Gasteiger partial charge in [-0.25, -0.2) is 18.2 Å². The molecule has 31 heavy (non-hydrogen) atoms. The first kappa shape index (κ1) is 20.4. The van der Waals surface area contributed by atoms with Gasteiger partial charge in [0.1, 0.15) is 17.5 Å². The van der Waals surface area contributed by atoms with Crippen molar-refractivity contribution in [2.75, 3.05) is 11.1 Å². The van der Waals surface area contributed by atoms with Crippen molar-refractivity contribution in [1.29, 1.82) is 0 Å². The highest BCUT2D eigenvalue weighted by atomic mass is 19.4. The monoisotopic (exact) mass is 438 g/mol. The zero-order valence-corrected chi connectivity index (χ0v) is 15.3. The van der Waals surface area contributed by atoms with Crippen LogP contribution >= 0.6 is 0 Å². The summed E-state index contributed by atoms with van der Waals surface area (Å²) in [5, 5.41) is 2.67. The van der Waals surface area contributed by atoms with Crippen molar-refractivity contribution < 1.29 is 26.3 Å². The van der Waals surface area contributed by atoms with E-state index >= 15 is 0 Å². The Morgan fingerprint density at radius 1 is 0.935 bits per heavy atom. The molecule has 0 unspecified atom stereocenters. The van der Waals surface area contributed by atoms with Gasteiger partial charge in [-0.05, 0) is 36.4 Å². The third-order valence-corrected chi connectivity index (χ3v) is 4.27. The van der Waals surface area contributed by atoms with Crippen LogP contribution in [0.25, 0.3) is 16.9 Å². The molecule has 0 atom stereocenters. The van der Waals surface area contributed by atoms with Crippen LogP contribution in [0.15, 0.2) is 48.5 Å². The summed E-state index contributed by atoms with van der Waals surface area (Å²) in [6.45, 7) is 0. The van der Waals surface area contributed by atoms with E-state index in [0.717, 1.165) is 41.0 Å². The molecule has 2 aromatic heterocycles. The van der Waals surface area contributed by atoms with Crippen molar-refractivity contribution in [2.24, 2.45) is 0 Å². The Kier molecular flexibility index (Phi) is 4.91. The third-order valence-electron chi connectivity index (χ3n) is 4.27. The fourth-order valence-corrected chi connectivity index (χ4v) is 2.95. The maximum atomic E-state index is 13.7. The number of nitrogens with two attached hydrogens (primary N) is 1. The minimum atomic E-state index is -4.50. The highest BCUT2D eigenvalue weighted by Crippen LogP contribution is 2.31. The van der Waals surface area contributed by atoms with Crippen molar-refractivity contribution in [1.82, 2.24) is 19.5 Å². The second-order valence-electron chi connectivity index (χ2n) is 6.41. The van der Waals surface area contributed by atoms with E-state index in [1.165, 1.54) is 12.1 Å². The minimum Gasteiger partial charge on any atom is -0.383 e. The molecule has 160 valence electrons. The second-order valence-corrected chi connectivity index (χ2v) is 6.41. The van der Waals surface area contributed by atoms with E-state index in [1.807, 2.05) is 0 Å². The maximum Gasteiger partial charge on any atom is 0.416 e. The summed E-state index contributed by atoms with van der Waals surface area (Å²) >= 11 is 0. The van der Waals surface area contributed by atoms with Gasteiger partial charge in [-0.3, -0.25) is 4.57 Å². The molecule has 2 aromatic carbocycles. The predicted octanol–water partition coefficient (Wildman–Crippen LogP) is 5.24. The van der Waals surface area contributed by atoms with E-state index in [4.69, 9.17) is 5.73 Å². The molecule has 4 aromatic rings. The number of anilines is 3. The van der Waals surface area contributed by atoms with Crippen molar-refractivity contribution in [3.05, 3.63) is 65.7 Å². The number of benzene rings is 2. The van der Waals surface area contributed by atoms with Crippen molar-refractivity contribution in [3.8, 4) is 5.82 Å². The molecule has 0 saturated carbocycles. The number of aromatic nitrogens is 4. The zero-order valence-electron chi connectivity index (χ0n) is 15.3. The number of halogens is 6. The Labute approximate surface area is 170 Å². The first-order valence-corrected chi connectivity index (χ1v) is 8.67. The minimum absolute atomic E-state index is 0.0360. The molecule has 0 aliphatic carbocycles. The number of nitrogens with one attached hydrogen (secondary N) is 1. The molecule has 0 spiro atoms. The van der Waals surface area contributed by atoms with Gasteiger partial charge in [-0.15, -0.1) is 0 Å². The summed E-state index contributed by atoms with van der Waals surface area (Å²) < 4.78 is 80.0. The largest absolute Gasteiger partial charge is 0.416 e. The Morgan fingerprint density at radius 3 is 2.29 bits per heavy atom. The molecule has 0 amide bonds. The van der Waals surface area contributed by atoms with Gasteiger partial charge in [0.15, 0.2) is 5.82 Å². The second kappa shape index (κ2) is 7.45. The van der Waals surface area contributed by atoms with Crippen molar-refractivity contribution in [3.63, 3.8) is 0 Å². The number of rotatable bonds is 4. The maximum absolute atomic E-state index is 13.7. The molecule has 0 bridgehead atoms. The van der Waals surface area contributed by atoms with Crippen LogP contribution < -0.4 is 11.1 Å². The standard InChI is InChI=1S/C19H12F6N6/c20-10-3-6-12-13(7-10)31(17(28-12)16(21)22)15-8-14(26)29-18(30-15)27-11-4-1-9(2-5-11)19(23,24)25/h1-8,16H,(H3,26,27,29,30). The lowest BCUT2D eigenvalue weighted by Crippen LogP contribution is -2.09. The summed E-state index contributed by atoms with van der Waals surface area (Å²) in [5.41, 5.74) is 5.28. The quantitative estimate of drug-likeness (QED) is 0.426. The van der Waals surface area contributed by atoms with E-state index < -0.39 is 29.8 Å². The smallest absolute Gasteiger partial charge is 0.383 e. The van der Waals surface area contributed by atoms with Gasteiger partial charge in [-0.1, -0.05) is 0 Å². The van der Waals surface area contributed by atoms with Gasteiger partial charge in [0, 0.05) is 17.8 Å². The molecule has 3 N–H and O–H groups in total. The molecule has 2 heterocycles. The Balaban J connectivity index is 1.77. The van der Waals surface area contributed by atoms with Crippen molar-refractivity contribution in [2.45, 2.75) is 12.6 Å². The van der Waals surface area contributed by atoms with Crippen LogP contribution in [0.5, 0.6) is 0 Å². The van der Waals surface area contributed by atoms with E-state index in [2.05, 4.69) is 20.3 Å². The molecule has 6 nitrogen and oxygen atoms in total. The van der Waals surface area contributed by atoms with Crippen LogP contribution in [0.2, 0.25) is 0 Å². The third kappa shape index (κ3) is 4.09. The first-order chi connectivity index (χ1) is 14.6. The SMILES string of the molecule is Nc1cc(-n2c(C(F)F)nc3ccc(F)cc32)nc(Nc2ccc(C(F)(F)F)cc2)n1. The van der Waals surface area contributed by atoms with Gasteiger partial charge in [0.05, 0.1) is 16.6 Å². The van der Waals surface area contributed by atoms with Crippen LogP contribution in [0.1, 0.15) is 17.8 Å². The number of hydrogen-bond donors (Lipinski definition) is 2. The first-order valence-electron chi connectivity index (χ1n) is 8.67. The molecule has 0 fully saturated rings. The van der Waals surface area contributed by atoms with Crippen LogP contribution in [0, 0.1) is 5.82 Å². The number of fused-ring (bicyclic) bond motifs is 1. The molecular formula is C19H12F6N6. The zero-order chi connectivity index (χ0) is 22.3. The Bertz CT molecular complexity index is 1250.